The maximum atomic E-state index is 5.67. The lowest BCUT2D eigenvalue weighted by atomic mass is 9.88. The third kappa shape index (κ3) is 3.12. The van der Waals surface area contributed by atoms with Gasteiger partial charge in [0.05, 0.1) is 0 Å². The Labute approximate surface area is 132 Å². The minimum atomic E-state index is 0. The fourth-order valence-electron chi connectivity index (χ4n) is 3.70. The van der Waals surface area contributed by atoms with E-state index in [4.69, 9.17) is 9.47 Å². The Morgan fingerprint density at radius 3 is 2.81 bits per heavy atom. The Balaban J connectivity index is 0.00000132. The van der Waals surface area contributed by atoms with E-state index in [1.54, 1.807) is 0 Å². The molecule has 4 nitrogen and oxygen atoms in total. The van der Waals surface area contributed by atoms with E-state index in [-0.39, 0.29) is 12.4 Å². The molecule has 0 saturated carbocycles. The molecule has 2 unspecified atom stereocenters. The zero-order valence-corrected chi connectivity index (χ0v) is 13.0. The topological polar surface area (TPSA) is 33.7 Å². The van der Waals surface area contributed by atoms with Gasteiger partial charge in [-0.15, -0.1) is 12.4 Å². The molecular formula is C16H23ClN2O2. The molecule has 2 atom stereocenters. The molecule has 0 aromatic heterocycles. The summed E-state index contributed by atoms with van der Waals surface area (Å²) in [7, 11) is 0. The lowest BCUT2D eigenvalue weighted by molar-refractivity contribution is 0.141. The summed E-state index contributed by atoms with van der Waals surface area (Å²) in [5, 5.41) is 3.53. The van der Waals surface area contributed by atoms with Crippen LogP contribution in [0.25, 0.3) is 0 Å². The number of nitrogens with zero attached hydrogens (tertiary/aromatic N) is 1. The summed E-state index contributed by atoms with van der Waals surface area (Å²) >= 11 is 0. The van der Waals surface area contributed by atoms with Crippen molar-refractivity contribution in [3.8, 4) is 11.5 Å². The molecule has 116 valence electrons. The van der Waals surface area contributed by atoms with E-state index in [0.717, 1.165) is 29.9 Å². The van der Waals surface area contributed by atoms with E-state index >= 15 is 0 Å². The molecule has 0 aliphatic carbocycles. The van der Waals surface area contributed by atoms with Crippen LogP contribution in [0.4, 0.5) is 0 Å². The SMILES string of the molecule is Cl.c1cc2c(cc1CN1CCC3CNCC3C1)OCCO2. The quantitative estimate of drug-likeness (QED) is 0.905. The first kappa shape index (κ1) is 14.9. The highest BCUT2D eigenvalue weighted by atomic mass is 35.5. The largest absolute Gasteiger partial charge is 0.486 e. The number of nitrogens with one attached hydrogen (secondary N) is 1. The third-order valence-electron chi connectivity index (χ3n) is 4.80. The Morgan fingerprint density at radius 1 is 1.10 bits per heavy atom. The van der Waals surface area contributed by atoms with Gasteiger partial charge in [0, 0.05) is 13.1 Å². The number of hydrogen-bond donors (Lipinski definition) is 1. The van der Waals surface area contributed by atoms with Gasteiger partial charge in [-0.25, -0.2) is 0 Å². The molecule has 2 saturated heterocycles. The second-order valence-corrected chi connectivity index (χ2v) is 6.18. The van der Waals surface area contributed by atoms with Crippen molar-refractivity contribution in [3.63, 3.8) is 0 Å². The number of benzene rings is 1. The predicted molar refractivity (Wildman–Crippen MR) is 84.4 cm³/mol. The van der Waals surface area contributed by atoms with Crippen molar-refractivity contribution < 1.29 is 9.47 Å². The fourth-order valence-corrected chi connectivity index (χ4v) is 3.70. The molecule has 4 rings (SSSR count). The third-order valence-corrected chi connectivity index (χ3v) is 4.80. The molecular weight excluding hydrogens is 288 g/mol. The number of halogens is 1. The number of hydrogen-bond acceptors (Lipinski definition) is 4. The average Bonchev–Trinajstić information content (AvgIpc) is 2.95. The molecule has 2 fully saturated rings. The van der Waals surface area contributed by atoms with Crippen LogP contribution in [0.3, 0.4) is 0 Å². The number of ether oxygens (including phenoxy) is 2. The van der Waals surface area contributed by atoms with Gasteiger partial charge in [-0.1, -0.05) is 6.07 Å². The van der Waals surface area contributed by atoms with Crippen LogP contribution in [0, 0.1) is 11.8 Å². The standard InChI is InChI=1S/C16H22N2O2.ClH/c1-2-15-16(20-6-5-19-15)7-12(1)10-18-4-3-13-8-17-9-14(13)11-18;/h1-2,7,13-14,17H,3-6,8-11H2;1H. The van der Waals surface area contributed by atoms with Crippen LogP contribution in [0.2, 0.25) is 0 Å². The predicted octanol–water partition coefficient (Wildman–Crippen LogP) is 1.92. The monoisotopic (exact) mass is 310 g/mol. The summed E-state index contributed by atoms with van der Waals surface area (Å²) in [5.74, 6) is 3.55. The molecule has 3 aliphatic rings. The van der Waals surface area contributed by atoms with Gasteiger partial charge >= 0.3 is 0 Å². The van der Waals surface area contributed by atoms with Gasteiger partial charge in [-0.05, 0) is 55.6 Å². The minimum Gasteiger partial charge on any atom is -0.486 e. The molecule has 3 heterocycles. The summed E-state index contributed by atoms with van der Waals surface area (Å²) < 4.78 is 11.2. The van der Waals surface area contributed by atoms with Crippen LogP contribution < -0.4 is 14.8 Å². The van der Waals surface area contributed by atoms with Crippen molar-refractivity contribution in [2.45, 2.75) is 13.0 Å². The molecule has 0 bridgehead atoms. The van der Waals surface area contributed by atoms with E-state index in [2.05, 4.69) is 22.3 Å². The Kier molecular flexibility index (Phi) is 4.57. The highest BCUT2D eigenvalue weighted by molar-refractivity contribution is 5.85. The van der Waals surface area contributed by atoms with Crippen LogP contribution in [0.5, 0.6) is 11.5 Å². The fraction of sp³-hybridized carbons (Fsp3) is 0.625. The average molecular weight is 311 g/mol. The second-order valence-electron chi connectivity index (χ2n) is 6.18. The molecule has 1 aromatic rings. The number of fused-ring (bicyclic) bond motifs is 2. The van der Waals surface area contributed by atoms with Gasteiger partial charge in [-0.3, -0.25) is 4.90 Å². The van der Waals surface area contributed by atoms with Gasteiger partial charge in [0.25, 0.3) is 0 Å². The van der Waals surface area contributed by atoms with Crippen LogP contribution >= 0.6 is 12.4 Å². The first-order chi connectivity index (χ1) is 9.88. The number of piperidine rings is 1. The van der Waals surface area contributed by atoms with Crippen molar-refractivity contribution in [1.82, 2.24) is 10.2 Å². The summed E-state index contributed by atoms with van der Waals surface area (Å²) in [6, 6.07) is 6.37. The van der Waals surface area contributed by atoms with Gasteiger partial charge in [0.1, 0.15) is 13.2 Å². The molecule has 0 amide bonds. The molecule has 1 aromatic carbocycles. The maximum Gasteiger partial charge on any atom is 0.161 e. The molecule has 21 heavy (non-hydrogen) atoms. The Bertz CT molecular complexity index is 497. The van der Waals surface area contributed by atoms with Crippen LogP contribution in [-0.4, -0.2) is 44.3 Å². The normalized spacial score (nSPS) is 27.8. The molecule has 3 aliphatic heterocycles. The van der Waals surface area contributed by atoms with Crippen molar-refractivity contribution in [2.24, 2.45) is 11.8 Å². The lowest BCUT2D eigenvalue weighted by Gasteiger charge is -2.34. The zero-order chi connectivity index (χ0) is 13.4. The molecule has 1 N–H and O–H groups in total. The summed E-state index contributed by atoms with van der Waals surface area (Å²) in [6.07, 6.45) is 1.34. The first-order valence-electron chi connectivity index (χ1n) is 7.70. The highest BCUT2D eigenvalue weighted by Crippen LogP contribution is 2.32. The van der Waals surface area contributed by atoms with Gasteiger partial charge in [0.2, 0.25) is 0 Å². The Morgan fingerprint density at radius 2 is 1.90 bits per heavy atom. The van der Waals surface area contributed by atoms with Gasteiger partial charge in [-0.2, -0.15) is 0 Å². The summed E-state index contributed by atoms with van der Waals surface area (Å²) in [4.78, 5) is 2.58. The zero-order valence-electron chi connectivity index (χ0n) is 12.2. The maximum absolute atomic E-state index is 5.67. The molecule has 0 radical (unpaired) electrons. The van der Waals surface area contributed by atoms with E-state index in [9.17, 15) is 0 Å². The van der Waals surface area contributed by atoms with Crippen LogP contribution in [0.15, 0.2) is 18.2 Å². The van der Waals surface area contributed by atoms with E-state index in [1.165, 1.54) is 38.2 Å². The van der Waals surface area contributed by atoms with E-state index < -0.39 is 0 Å². The number of likely N-dealkylation sites (tertiary alicyclic amines) is 1. The Hall–Kier alpha value is -0.970. The van der Waals surface area contributed by atoms with E-state index in [0.29, 0.717) is 13.2 Å². The molecule has 5 heteroatoms. The van der Waals surface area contributed by atoms with Crippen molar-refractivity contribution in [1.29, 1.82) is 0 Å². The number of rotatable bonds is 2. The highest BCUT2D eigenvalue weighted by Gasteiger charge is 2.32. The smallest absolute Gasteiger partial charge is 0.161 e. The van der Waals surface area contributed by atoms with Crippen molar-refractivity contribution in [3.05, 3.63) is 23.8 Å². The first-order valence-corrected chi connectivity index (χ1v) is 7.70. The molecule has 0 spiro atoms. The van der Waals surface area contributed by atoms with Gasteiger partial charge in [0.15, 0.2) is 11.5 Å². The van der Waals surface area contributed by atoms with Crippen LogP contribution in [0.1, 0.15) is 12.0 Å². The lowest BCUT2D eigenvalue weighted by Crippen LogP contribution is -2.39. The van der Waals surface area contributed by atoms with Gasteiger partial charge < -0.3 is 14.8 Å². The minimum absolute atomic E-state index is 0. The summed E-state index contributed by atoms with van der Waals surface area (Å²) in [6.45, 7) is 7.22. The summed E-state index contributed by atoms with van der Waals surface area (Å²) in [5.41, 5.74) is 1.33. The second kappa shape index (κ2) is 6.42. The van der Waals surface area contributed by atoms with Crippen molar-refractivity contribution in [2.75, 3.05) is 39.4 Å². The van der Waals surface area contributed by atoms with Crippen molar-refractivity contribution >= 4 is 12.4 Å². The van der Waals surface area contributed by atoms with E-state index in [1.807, 2.05) is 6.07 Å². The van der Waals surface area contributed by atoms with Crippen LogP contribution in [-0.2, 0) is 6.54 Å².